The summed E-state index contributed by atoms with van der Waals surface area (Å²) in [6.45, 7) is 3.58. The average Bonchev–Trinajstić information content (AvgIpc) is 2.95. The molecule has 0 aliphatic carbocycles. The molecule has 0 radical (unpaired) electrons. The van der Waals surface area contributed by atoms with Crippen LogP contribution in [0, 0.1) is 0 Å². The van der Waals surface area contributed by atoms with Crippen LogP contribution in [0.4, 0.5) is 0 Å². The highest BCUT2D eigenvalue weighted by molar-refractivity contribution is 14.0. The summed E-state index contributed by atoms with van der Waals surface area (Å²) in [7, 11) is 5.26. The molecule has 1 aromatic rings. The topological polar surface area (TPSA) is 56.7 Å². The molecule has 1 amide bonds. The van der Waals surface area contributed by atoms with Crippen molar-refractivity contribution in [2.75, 3.05) is 34.2 Å². The number of rotatable bonds is 6. The highest BCUT2D eigenvalue weighted by Gasteiger charge is 2.08. The number of thiophene rings is 1. The maximum atomic E-state index is 11.5. The van der Waals surface area contributed by atoms with Gasteiger partial charge in [-0.2, -0.15) is 11.3 Å². The summed E-state index contributed by atoms with van der Waals surface area (Å²) in [5.74, 6) is 1.28. The van der Waals surface area contributed by atoms with Gasteiger partial charge >= 0.3 is 0 Å². The molecule has 0 fully saturated rings. The van der Waals surface area contributed by atoms with Crippen molar-refractivity contribution in [1.82, 2.24) is 15.5 Å². The number of guanidine groups is 1. The predicted molar refractivity (Wildman–Crippen MR) is 101 cm³/mol. The fourth-order valence-electron chi connectivity index (χ4n) is 1.66. The molecule has 1 atom stereocenters. The van der Waals surface area contributed by atoms with Crippen LogP contribution in [-0.2, 0) is 4.79 Å². The van der Waals surface area contributed by atoms with Crippen molar-refractivity contribution in [2.24, 2.45) is 4.99 Å². The molecule has 1 aromatic heterocycles. The van der Waals surface area contributed by atoms with Crippen molar-refractivity contribution >= 4 is 47.2 Å². The lowest BCUT2D eigenvalue weighted by atomic mass is 10.1. The lowest BCUT2D eigenvalue weighted by molar-refractivity contribution is -0.128. The fraction of sp³-hybridized carbons (Fsp3) is 0.571. The van der Waals surface area contributed by atoms with Crippen molar-refractivity contribution in [2.45, 2.75) is 19.3 Å². The number of carbonyl (C=O) groups excluding carboxylic acids is 1. The van der Waals surface area contributed by atoms with Gasteiger partial charge in [0.2, 0.25) is 5.91 Å². The molecule has 120 valence electrons. The zero-order chi connectivity index (χ0) is 15.0. The minimum Gasteiger partial charge on any atom is -0.356 e. The molecule has 0 aromatic carbocycles. The molecule has 1 unspecified atom stereocenters. The zero-order valence-electron chi connectivity index (χ0n) is 13.0. The van der Waals surface area contributed by atoms with E-state index in [0.29, 0.717) is 18.9 Å². The first-order chi connectivity index (χ1) is 9.54. The summed E-state index contributed by atoms with van der Waals surface area (Å²) in [4.78, 5) is 17.2. The first-order valence-corrected chi connectivity index (χ1v) is 7.65. The van der Waals surface area contributed by atoms with Gasteiger partial charge in [-0.3, -0.25) is 9.79 Å². The number of halogens is 1. The lowest BCUT2D eigenvalue weighted by Gasteiger charge is -2.16. The maximum Gasteiger partial charge on any atom is 0.223 e. The van der Waals surface area contributed by atoms with Gasteiger partial charge in [0.1, 0.15) is 0 Å². The molecule has 1 rings (SSSR count). The van der Waals surface area contributed by atoms with Crippen LogP contribution in [0.5, 0.6) is 0 Å². The van der Waals surface area contributed by atoms with Crippen LogP contribution in [0.1, 0.15) is 24.8 Å². The molecule has 0 aliphatic rings. The Kier molecular flexibility index (Phi) is 10.4. The van der Waals surface area contributed by atoms with E-state index in [1.165, 1.54) is 5.56 Å². The molecule has 0 bridgehead atoms. The van der Waals surface area contributed by atoms with E-state index >= 15 is 0 Å². The van der Waals surface area contributed by atoms with E-state index < -0.39 is 0 Å². The maximum absolute atomic E-state index is 11.5. The molecule has 0 aliphatic heterocycles. The van der Waals surface area contributed by atoms with Crippen LogP contribution in [0.15, 0.2) is 21.8 Å². The van der Waals surface area contributed by atoms with Gasteiger partial charge in [-0.05, 0) is 28.3 Å². The zero-order valence-corrected chi connectivity index (χ0v) is 16.2. The van der Waals surface area contributed by atoms with Gasteiger partial charge in [0, 0.05) is 40.7 Å². The number of nitrogens with one attached hydrogen (secondary N) is 2. The highest BCUT2D eigenvalue weighted by Crippen LogP contribution is 2.16. The number of aliphatic imine (C=N–C) groups is 1. The number of hydrogen-bond donors (Lipinski definition) is 2. The fourth-order valence-corrected chi connectivity index (χ4v) is 2.44. The summed E-state index contributed by atoms with van der Waals surface area (Å²) in [5, 5.41) is 10.7. The quantitative estimate of drug-likeness (QED) is 0.418. The predicted octanol–water partition coefficient (Wildman–Crippen LogP) is 2.11. The molecule has 21 heavy (non-hydrogen) atoms. The summed E-state index contributed by atoms with van der Waals surface area (Å²) in [5.41, 5.74) is 1.33. The van der Waals surface area contributed by atoms with Crippen LogP contribution in [-0.4, -0.2) is 51.0 Å². The molecule has 0 saturated carbocycles. The Hall–Kier alpha value is -0.830. The standard InChI is InChI=1S/C14H24N4OS.HI/c1-11(12-6-8-20-10-12)9-17-14(15-2)16-7-5-13(19)18(3)4;/h6,8,10-11H,5,7,9H2,1-4H3,(H2,15,16,17);1H. The second-order valence-corrected chi connectivity index (χ2v) is 5.66. The van der Waals surface area contributed by atoms with Crippen LogP contribution >= 0.6 is 35.3 Å². The van der Waals surface area contributed by atoms with E-state index in [1.807, 2.05) is 0 Å². The van der Waals surface area contributed by atoms with E-state index in [1.54, 1.807) is 37.4 Å². The van der Waals surface area contributed by atoms with Crippen molar-refractivity contribution < 1.29 is 4.79 Å². The van der Waals surface area contributed by atoms with Crippen molar-refractivity contribution in [3.05, 3.63) is 22.4 Å². The number of amides is 1. The Labute approximate surface area is 148 Å². The summed E-state index contributed by atoms with van der Waals surface area (Å²) in [6, 6.07) is 2.14. The second kappa shape index (κ2) is 10.8. The summed E-state index contributed by atoms with van der Waals surface area (Å²) < 4.78 is 0. The van der Waals surface area contributed by atoms with E-state index in [4.69, 9.17) is 0 Å². The Morgan fingerprint density at radius 2 is 2.14 bits per heavy atom. The Morgan fingerprint density at radius 1 is 1.43 bits per heavy atom. The van der Waals surface area contributed by atoms with Crippen molar-refractivity contribution in [1.29, 1.82) is 0 Å². The third-order valence-corrected chi connectivity index (χ3v) is 3.74. The number of hydrogen-bond acceptors (Lipinski definition) is 3. The molecule has 5 nitrogen and oxygen atoms in total. The normalized spacial score (nSPS) is 12.3. The number of carbonyl (C=O) groups is 1. The molecule has 0 saturated heterocycles. The van der Waals surface area contributed by atoms with Crippen molar-refractivity contribution in [3.8, 4) is 0 Å². The van der Waals surface area contributed by atoms with Gasteiger partial charge in [-0.15, -0.1) is 24.0 Å². The van der Waals surface area contributed by atoms with E-state index in [0.717, 1.165) is 12.5 Å². The molecule has 1 heterocycles. The van der Waals surface area contributed by atoms with E-state index in [2.05, 4.69) is 39.4 Å². The highest BCUT2D eigenvalue weighted by atomic mass is 127. The van der Waals surface area contributed by atoms with Gasteiger partial charge in [0.05, 0.1) is 0 Å². The molecule has 0 spiro atoms. The van der Waals surface area contributed by atoms with Crippen molar-refractivity contribution in [3.63, 3.8) is 0 Å². The van der Waals surface area contributed by atoms with Crippen LogP contribution in [0.25, 0.3) is 0 Å². The van der Waals surface area contributed by atoms with Gasteiger partial charge in [-0.1, -0.05) is 6.92 Å². The Bertz CT molecular complexity index is 434. The third kappa shape index (κ3) is 7.66. The molecule has 2 N–H and O–H groups in total. The Balaban J connectivity index is 0.00000400. The molecular weight excluding hydrogens is 399 g/mol. The summed E-state index contributed by atoms with van der Waals surface area (Å²) in [6.07, 6.45) is 0.466. The van der Waals surface area contributed by atoms with Gasteiger partial charge in [0.15, 0.2) is 5.96 Å². The lowest BCUT2D eigenvalue weighted by Crippen LogP contribution is -2.40. The minimum absolute atomic E-state index is 0. The average molecular weight is 424 g/mol. The number of nitrogens with zero attached hydrogens (tertiary/aromatic N) is 2. The largest absolute Gasteiger partial charge is 0.356 e. The van der Waals surface area contributed by atoms with Crippen LogP contribution < -0.4 is 10.6 Å². The smallest absolute Gasteiger partial charge is 0.223 e. The first kappa shape index (κ1) is 20.2. The van der Waals surface area contributed by atoms with Crippen LogP contribution in [0.3, 0.4) is 0 Å². The van der Waals surface area contributed by atoms with Crippen LogP contribution in [0.2, 0.25) is 0 Å². The summed E-state index contributed by atoms with van der Waals surface area (Å²) >= 11 is 1.71. The second-order valence-electron chi connectivity index (χ2n) is 4.88. The minimum atomic E-state index is 0. The molecule has 7 heteroatoms. The monoisotopic (exact) mass is 424 g/mol. The Morgan fingerprint density at radius 3 is 2.67 bits per heavy atom. The first-order valence-electron chi connectivity index (χ1n) is 6.71. The SMILES string of the molecule is CN=C(NCCC(=O)N(C)C)NCC(C)c1ccsc1.I. The van der Waals surface area contributed by atoms with Gasteiger partial charge in [-0.25, -0.2) is 0 Å². The van der Waals surface area contributed by atoms with Gasteiger partial charge in [0.25, 0.3) is 0 Å². The molecular formula is C14H25IN4OS. The van der Waals surface area contributed by atoms with Gasteiger partial charge < -0.3 is 15.5 Å². The van der Waals surface area contributed by atoms with E-state index in [9.17, 15) is 4.79 Å². The van der Waals surface area contributed by atoms with E-state index in [-0.39, 0.29) is 29.9 Å². The third-order valence-electron chi connectivity index (χ3n) is 3.04.